The normalized spacial score (nSPS) is 13.5. The summed E-state index contributed by atoms with van der Waals surface area (Å²) in [6.45, 7) is 6.27. The van der Waals surface area contributed by atoms with Crippen molar-refractivity contribution in [3.8, 4) is 0 Å². The predicted octanol–water partition coefficient (Wildman–Crippen LogP) is 2.94. The third kappa shape index (κ3) is 5.80. The fourth-order valence-corrected chi connectivity index (χ4v) is 3.80. The molecule has 2 N–H and O–H groups in total. The summed E-state index contributed by atoms with van der Waals surface area (Å²) in [7, 11) is -1.71. The Hall–Kier alpha value is -0.850. The van der Waals surface area contributed by atoms with Gasteiger partial charge in [-0.15, -0.1) is 0 Å². The summed E-state index contributed by atoms with van der Waals surface area (Å²) in [5.74, 6) is 1.07. The van der Waals surface area contributed by atoms with Gasteiger partial charge in [0.1, 0.15) is 16.4 Å². The van der Waals surface area contributed by atoms with Gasteiger partial charge < -0.3 is 9.73 Å². The van der Waals surface area contributed by atoms with Crippen LogP contribution in [0.25, 0.3) is 0 Å². The van der Waals surface area contributed by atoms with Crippen LogP contribution in [0.3, 0.4) is 0 Å². The molecule has 1 rings (SSSR count). The molecular formula is C15H28N2O3S. The molecule has 0 aliphatic carbocycles. The highest BCUT2D eigenvalue weighted by molar-refractivity contribution is 7.89. The van der Waals surface area contributed by atoms with Crippen LogP contribution in [0.15, 0.2) is 15.4 Å². The molecule has 0 aromatic carbocycles. The van der Waals surface area contributed by atoms with Gasteiger partial charge in [-0.2, -0.15) is 0 Å². The number of sulfonamides is 1. The molecule has 1 atom stereocenters. The van der Waals surface area contributed by atoms with Gasteiger partial charge in [-0.05, 0) is 27.3 Å². The standard InChI is InChI=1S/C15H28N2O3S/c1-5-6-7-8-9-12(2)17-21(18,19)15-10-14(11-16-4)20-13(15)3/h10,12,16-17H,5-9,11H2,1-4H3. The minimum Gasteiger partial charge on any atom is -0.464 e. The molecule has 0 amide bonds. The minimum atomic E-state index is -3.50. The topological polar surface area (TPSA) is 71.3 Å². The minimum absolute atomic E-state index is 0.0612. The van der Waals surface area contributed by atoms with Crippen molar-refractivity contribution in [3.63, 3.8) is 0 Å². The van der Waals surface area contributed by atoms with Gasteiger partial charge in [0.15, 0.2) is 0 Å². The Bertz CT molecular complexity index is 523. The first-order chi connectivity index (χ1) is 9.90. The summed E-state index contributed by atoms with van der Waals surface area (Å²) in [4.78, 5) is 0.244. The van der Waals surface area contributed by atoms with E-state index in [1.807, 2.05) is 6.92 Å². The van der Waals surface area contributed by atoms with Crippen molar-refractivity contribution in [2.24, 2.45) is 0 Å². The predicted molar refractivity (Wildman–Crippen MR) is 84.8 cm³/mol. The van der Waals surface area contributed by atoms with Crippen molar-refractivity contribution in [1.29, 1.82) is 0 Å². The zero-order valence-corrected chi connectivity index (χ0v) is 14.3. The van der Waals surface area contributed by atoms with Gasteiger partial charge in [0.2, 0.25) is 10.0 Å². The van der Waals surface area contributed by atoms with Crippen LogP contribution in [-0.2, 0) is 16.6 Å². The van der Waals surface area contributed by atoms with E-state index >= 15 is 0 Å². The molecule has 0 fully saturated rings. The summed E-state index contributed by atoms with van der Waals surface area (Å²) in [5, 5.41) is 2.95. The first kappa shape index (κ1) is 18.2. The molecule has 1 heterocycles. The van der Waals surface area contributed by atoms with Crippen LogP contribution in [0.2, 0.25) is 0 Å². The van der Waals surface area contributed by atoms with Crippen LogP contribution in [-0.4, -0.2) is 21.5 Å². The van der Waals surface area contributed by atoms with Gasteiger partial charge in [0, 0.05) is 12.1 Å². The SMILES string of the molecule is CCCCCCC(C)NS(=O)(=O)c1cc(CNC)oc1C. The van der Waals surface area contributed by atoms with E-state index in [4.69, 9.17) is 4.42 Å². The van der Waals surface area contributed by atoms with E-state index in [0.29, 0.717) is 18.1 Å². The van der Waals surface area contributed by atoms with E-state index in [-0.39, 0.29) is 10.9 Å². The van der Waals surface area contributed by atoms with E-state index in [1.54, 1.807) is 20.0 Å². The summed E-state index contributed by atoms with van der Waals surface area (Å²) < 4.78 is 32.9. The number of hydrogen-bond acceptors (Lipinski definition) is 4. The molecule has 0 aliphatic rings. The first-order valence-corrected chi connectivity index (χ1v) is 9.15. The third-order valence-corrected chi connectivity index (χ3v) is 5.11. The maximum atomic E-state index is 12.4. The van der Waals surface area contributed by atoms with Gasteiger partial charge in [-0.25, -0.2) is 13.1 Å². The fourth-order valence-electron chi connectivity index (χ4n) is 2.32. The number of rotatable bonds is 10. The Kier molecular flexibility index (Phi) is 7.42. The maximum absolute atomic E-state index is 12.4. The zero-order chi connectivity index (χ0) is 15.9. The fraction of sp³-hybridized carbons (Fsp3) is 0.733. The van der Waals surface area contributed by atoms with Crippen molar-refractivity contribution < 1.29 is 12.8 Å². The highest BCUT2D eigenvalue weighted by Crippen LogP contribution is 2.20. The second-order valence-corrected chi connectivity index (χ2v) is 7.22. The number of unbranched alkanes of at least 4 members (excludes halogenated alkanes) is 3. The Balaban J connectivity index is 2.64. The monoisotopic (exact) mass is 316 g/mol. The van der Waals surface area contributed by atoms with Crippen molar-refractivity contribution in [2.75, 3.05) is 7.05 Å². The van der Waals surface area contributed by atoms with E-state index in [0.717, 1.165) is 19.3 Å². The van der Waals surface area contributed by atoms with Crippen LogP contribution >= 0.6 is 0 Å². The lowest BCUT2D eigenvalue weighted by Gasteiger charge is -2.13. The second-order valence-electron chi connectivity index (χ2n) is 5.54. The van der Waals surface area contributed by atoms with Crippen molar-refractivity contribution in [3.05, 3.63) is 17.6 Å². The molecule has 0 saturated carbocycles. The van der Waals surface area contributed by atoms with Crippen LogP contribution < -0.4 is 10.0 Å². The molecule has 5 nitrogen and oxygen atoms in total. The average Bonchev–Trinajstić information content (AvgIpc) is 2.76. The lowest BCUT2D eigenvalue weighted by Crippen LogP contribution is -2.32. The Morgan fingerprint density at radius 3 is 2.62 bits per heavy atom. The van der Waals surface area contributed by atoms with Crippen LogP contribution in [0, 0.1) is 6.92 Å². The molecule has 1 unspecified atom stereocenters. The van der Waals surface area contributed by atoms with Crippen molar-refractivity contribution >= 4 is 10.0 Å². The number of furan rings is 1. The van der Waals surface area contributed by atoms with Crippen LogP contribution in [0.4, 0.5) is 0 Å². The lowest BCUT2D eigenvalue weighted by atomic mass is 10.1. The van der Waals surface area contributed by atoms with Gasteiger partial charge in [0.05, 0.1) is 6.54 Å². The highest BCUT2D eigenvalue weighted by Gasteiger charge is 2.23. The average molecular weight is 316 g/mol. The summed E-state index contributed by atoms with van der Waals surface area (Å²) in [6, 6.07) is 1.53. The van der Waals surface area contributed by atoms with Crippen LogP contribution in [0.1, 0.15) is 57.5 Å². The molecule has 0 saturated heterocycles. The van der Waals surface area contributed by atoms with Crippen molar-refractivity contribution in [1.82, 2.24) is 10.0 Å². The molecule has 122 valence electrons. The van der Waals surface area contributed by atoms with Gasteiger partial charge in [0.25, 0.3) is 0 Å². The molecule has 6 heteroatoms. The molecule has 1 aromatic rings. The molecule has 1 aromatic heterocycles. The Labute approximate surface area is 128 Å². The number of nitrogens with one attached hydrogen (secondary N) is 2. The Morgan fingerprint density at radius 1 is 1.29 bits per heavy atom. The quantitative estimate of drug-likeness (QED) is 0.651. The van der Waals surface area contributed by atoms with E-state index in [2.05, 4.69) is 17.0 Å². The van der Waals surface area contributed by atoms with Crippen molar-refractivity contribution in [2.45, 2.75) is 70.4 Å². The van der Waals surface area contributed by atoms with E-state index in [9.17, 15) is 8.42 Å². The summed E-state index contributed by atoms with van der Waals surface area (Å²) >= 11 is 0. The summed E-state index contributed by atoms with van der Waals surface area (Å²) in [6.07, 6.45) is 5.45. The molecular weight excluding hydrogens is 288 g/mol. The van der Waals surface area contributed by atoms with E-state index in [1.165, 1.54) is 12.8 Å². The van der Waals surface area contributed by atoms with Gasteiger partial charge >= 0.3 is 0 Å². The maximum Gasteiger partial charge on any atom is 0.244 e. The Morgan fingerprint density at radius 2 is 2.00 bits per heavy atom. The molecule has 0 aliphatic heterocycles. The number of hydrogen-bond donors (Lipinski definition) is 2. The second kappa shape index (κ2) is 8.56. The lowest BCUT2D eigenvalue weighted by molar-refractivity contribution is 0.465. The molecule has 0 spiro atoms. The largest absolute Gasteiger partial charge is 0.464 e. The van der Waals surface area contributed by atoms with E-state index < -0.39 is 10.0 Å². The molecule has 21 heavy (non-hydrogen) atoms. The molecule has 0 radical (unpaired) electrons. The number of aryl methyl sites for hydroxylation is 1. The smallest absolute Gasteiger partial charge is 0.244 e. The third-order valence-electron chi connectivity index (χ3n) is 3.41. The highest BCUT2D eigenvalue weighted by atomic mass is 32.2. The summed E-state index contributed by atoms with van der Waals surface area (Å²) in [5.41, 5.74) is 0. The van der Waals surface area contributed by atoms with Gasteiger partial charge in [-0.1, -0.05) is 32.6 Å². The van der Waals surface area contributed by atoms with Gasteiger partial charge in [-0.3, -0.25) is 0 Å². The zero-order valence-electron chi connectivity index (χ0n) is 13.5. The molecule has 0 bridgehead atoms. The van der Waals surface area contributed by atoms with Crippen LogP contribution in [0.5, 0.6) is 0 Å². The first-order valence-electron chi connectivity index (χ1n) is 7.67.